The number of benzene rings is 1. The van der Waals surface area contributed by atoms with Crippen molar-refractivity contribution in [2.75, 3.05) is 0 Å². The van der Waals surface area contributed by atoms with Gasteiger partial charge in [0, 0.05) is 22.1 Å². The lowest BCUT2D eigenvalue weighted by Crippen LogP contribution is -2.55. The Balaban J connectivity index is 2.77. The summed E-state index contributed by atoms with van der Waals surface area (Å²) < 4.78 is 14.3. The van der Waals surface area contributed by atoms with Gasteiger partial charge in [-0.25, -0.2) is 4.39 Å². The average molecular weight is 331 g/mol. The van der Waals surface area contributed by atoms with E-state index in [1.807, 2.05) is 0 Å². The molecule has 1 amide bonds. The fraction of sp³-hybridized carbons (Fsp3) is 0.500. The third-order valence-electron chi connectivity index (χ3n) is 3.63. The molecule has 19 heavy (non-hydrogen) atoms. The smallest absolute Gasteiger partial charge is 0.227 e. The van der Waals surface area contributed by atoms with Crippen molar-refractivity contribution >= 4 is 21.8 Å². The van der Waals surface area contributed by atoms with Crippen molar-refractivity contribution in [1.29, 1.82) is 0 Å². The standard InChI is InChI=1S/C14H20BrFN2O/c1-13(2,14(3,4)17)12(19)18-8-9-7-10(15)5-6-11(9)16/h5-7H,8,17H2,1-4H3,(H,18,19). The van der Waals surface area contributed by atoms with E-state index in [4.69, 9.17) is 5.73 Å². The lowest BCUT2D eigenvalue weighted by atomic mass is 9.74. The fourth-order valence-corrected chi connectivity index (χ4v) is 1.78. The lowest BCUT2D eigenvalue weighted by molar-refractivity contribution is -0.132. The summed E-state index contributed by atoms with van der Waals surface area (Å²) in [5.74, 6) is -0.535. The first-order valence-corrected chi connectivity index (χ1v) is 6.86. The summed E-state index contributed by atoms with van der Waals surface area (Å²) in [4.78, 5) is 12.2. The van der Waals surface area contributed by atoms with Gasteiger partial charge in [0.2, 0.25) is 5.91 Å². The molecule has 106 valence electrons. The molecular formula is C14H20BrFN2O. The zero-order valence-corrected chi connectivity index (χ0v) is 13.3. The van der Waals surface area contributed by atoms with Gasteiger partial charge < -0.3 is 11.1 Å². The first kappa shape index (κ1) is 16.1. The number of nitrogens with two attached hydrogens (primary N) is 1. The van der Waals surface area contributed by atoms with Crippen LogP contribution in [0.2, 0.25) is 0 Å². The van der Waals surface area contributed by atoms with E-state index in [9.17, 15) is 9.18 Å². The molecule has 0 unspecified atom stereocenters. The number of hydrogen-bond donors (Lipinski definition) is 2. The lowest BCUT2D eigenvalue weighted by Gasteiger charge is -2.36. The van der Waals surface area contributed by atoms with Crippen molar-refractivity contribution in [2.45, 2.75) is 39.8 Å². The molecule has 3 nitrogen and oxygen atoms in total. The molecule has 0 aromatic heterocycles. The van der Waals surface area contributed by atoms with Crippen LogP contribution < -0.4 is 11.1 Å². The summed E-state index contributed by atoms with van der Waals surface area (Å²) in [6, 6.07) is 4.63. The van der Waals surface area contributed by atoms with Crippen LogP contribution in [0.3, 0.4) is 0 Å². The highest BCUT2D eigenvalue weighted by molar-refractivity contribution is 9.10. The number of hydrogen-bond acceptors (Lipinski definition) is 2. The van der Waals surface area contributed by atoms with Crippen LogP contribution in [0, 0.1) is 11.2 Å². The van der Waals surface area contributed by atoms with Gasteiger partial charge in [-0.1, -0.05) is 15.9 Å². The van der Waals surface area contributed by atoms with Gasteiger partial charge in [0.05, 0.1) is 5.41 Å². The summed E-state index contributed by atoms with van der Waals surface area (Å²) in [7, 11) is 0. The molecule has 0 radical (unpaired) electrons. The first-order valence-electron chi connectivity index (χ1n) is 6.07. The Morgan fingerprint density at radius 1 is 1.37 bits per heavy atom. The van der Waals surface area contributed by atoms with Crippen LogP contribution in [0.4, 0.5) is 4.39 Å². The van der Waals surface area contributed by atoms with Crippen molar-refractivity contribution in [3.8, 4) is 0 Å². The molecule has 0 aliphatic carbocycles. The molecule has 1 aromatic carbocycles. The molecule has 1 rings (SSSR count). The van der Waals surface area contributed by atoms with E-state index in [-0.39, 0.29) is 18.3 Å². The number of halogens is 2. The zero-order chi connectivity index (χ0) is 14.8. The number of nitrogens with one attached hydrogen (secondary N) is 1. The Kier molecular flexibility index (Phi) is 4.74. The second-order valence-corrected chi connectivity index (χ2v) is 6.68. The topological polar surface area (TPSA) is 55.1 Å². The van der Waals surface area contributed by atoms with E-state index in [0.29, 0.717) is 5.56 Å². The maximum absolute atomic E-state index is 13.6. The third-order valence-corrected chi connectivity index (χ3v) is 4.12. The van der Waals surface area contributed by atoms with Crippen LogP contribution in [-0.2, 0) is 11.3 Å². The van der Waals surface area contributed by atoms with Crippen LogP contribution in [-0.4, -0.2) is 11.4 Å². The predicted molar refractivity (Wildman–Crippen MR) is 78.0 cm³/mol. The molecule has 0 fully saturated rings. The highest BCUT2D eigenvalue weighted by Crippen LogP contribution is 2.28. The Hall–Kier alpha value is -0.940. The zero-order valence-electron chi connectivity index (χ0n) is 11.7. The van der Waals surface area contributed by atoms with Crippen molar-refractivity contribution < 1.29 is 9.18 Å². The monoisotopic (exact) mass is 330 g/mol. The van der Waals surface area contributed by atoms with Crippen LogP contribution in [0.25, 0.3) is 0 Å². The molecule has 0 aliphatic rings. The van der Waals surface area contributed by atoms with Gasteiger partial charge in [-0.3, -0.25) is 4.79 Å². The first-order chi connectivity index (χ1) is 8.55. The van der Waals surface area contributed by atoms with Gasteiger partial charge in [-0.05, 0) is 45.9 Å². The molecule has 0 atom stereocenters. The van der Waals surface area contributed by atoms with E-state index in [0.717, 1.165) is 4.47 Å². The van der Waals surface area contributed by atoms with E-state index in [1.54, 1.807) is 39.8 Å². The molecule has 5 heteroatoms. The number of amides is 1. The Labute approximate surface area is 121 Å². The fourth-order valence-electron chi connectivity index (χ4n) is 1.37. The highest BCUT2D eigenvalue weighted by Gasteiger charge is 2.40. The van der Waals surface area contributed by atoms with E-state index < -0.39 is 11.0 Å². The summed E-state index contributed by atoms with van der Waals surface area (Å²) in [5, 5.41) is 2.73. The second-order valence-electron chi connectivity index (χ2n) is 5.77. The molecule has 0 aliphatic heterocycles. The molecule has 1 aromatic rings. The minimum Gasteiger partial charge on any atom is -0.351 e. The Bertz CT molecular complexity index is 481. The maximum Gasteiger partial charge on any atom is 0.227 e. The molecule has 0 heterocycles. The maximum atomic E-state index is 13.6. The molecule has 0 saturated heterocycles. The van der Waals surface area contributed by atoms with Gasteiger partial charge in [0.1, 0.15) is 5.82 Å². The van der Waals surface area contributed by atoms with Crippen LogP contribution in [0.1, 0.15) is 33.3 Å². The number of carbonyl (C=O) groups excluding carboxylic acids is 1. The minimum atomic E-state index is -0.741. The van der Waals surface area contributed by atoms with Crippen LogP contribution >= 0.6 is 15.9 Å². The average Bonchev–Trinajstić information content (AvgIpc) is 2.28. The van der Waals surface area contributed by atoms with Gasteiger partial charge >= 0.3 is 0 Å². The predicted octanol–water partition coefficient (Wildman–Crippen LogP) is 2.97. The SMILES string of the molecule is CC(C)(N)C(C)(C)C(=O)NCc1cc(Br)ccc1F. The summed E-state index contributed by atoms with van der Waals surface area (Å²) >= 11 is 3.28. The molecule has 3 N–H and O–H groups in total. The number of carbonyl (C=O) groups is 1. The van der Waals surface area contributed by atoms with Gasteiger partial charge in [0.15, 0.2) is 0 Å². The van der Waals surface area contributed by atoms with Gasteiger partial charge in [-0.2, -0.15) is 0 Å². The quantitative estimate of drug-likeness (QED) is 0.891. The van der Waals surface area contributed by atoms with Crippen LogP contribution in [0.15, 0.2) is 22.7 Å². The normalized spacial score (nSPS) is 12.4. The number of rotatable bonds is 4. The molecular weight excluding hydrogens is 311 g/mol. The summed E-state index contributed by atoms with van der Waals surface area (Å²) in [6.07, 6.45) is 0. The molecule has 0 bridgehead atoms. The molecule has 0 spiro atoms. The van der Waals surface area contributed by atoms with Crippen molar-refractivity contribution in [2.24, 2.45) is 11.1 Å². The highest BCUT2D eigenvalue weighted by atomic mass is 79.9. The van der Waals surface area contributed by atoms with Gasteiger partial charge in [0.25, 0.3) is 0 Å². The van der Waals surface area contributed by atoms with E-state index >= 15 is 0 Å². The summed E-state index contributed by atoms with van der Waals surface area (Å²) in [5.41, 5.74) is 5.03. The van der Waals surface area contributed by atoms with E-state index in [1.165, 1.54) is 6.07 Å². The Morgan fingerprint density at radius 3 is 2.47 bits per heavy atom. The van der Waals surface area contributed by atoms with Gasteiger partial charge in [-0.15, -0.1) is 0 Å². The molecule has 0 saturated carbocycles. The van der Waals surface area contributed by atoms with Crippen molar-refractivity contribution in [3.63, 3.8) is 0 Å². The summed E-state index contributed by atoms with van der Waals surface area (Å²) in [6.45, 7) is 7.29. The third kappa shape index (κ3) is 3.76. The van der Waals surface area contributed by atoms with E-state index in [2.05, 4.69) is 21.2 Å². The Morgan fingerprint density at radius 2 is 1.95 bits per heavy atom. The largest absolute Gasteiger partial charge is 0.351 e. The minimum absolute atomic E-state index is 0.142. The van der Waals surface area contributed by atoms with Crippen molar-refractivity contribution in [1.82, 2.24) is 5.32 Å². The van der Waals surface area contributed by atoms with Crippen molar-refractivity contribution in [3.05, 3.63) is 34.1 Å². The second kappa shape index (κ2) is 5.59. The van der Waals surface area contributed by atoms with Crippen LogP contribution in [0.5, 0.6) is 0 Å².